The van der Waals surface area contributed by atoms with Gasteiger partial charge >= 0.3 is 0 Å². The van der Waals surface area contributed by atoms with E-state index in [0.717, 1.165) is 26.1 Å². The van der Waals surface area contributed by atoms with Gasteiger partial charge in [0.2, 0.25) is 0 Å². The van der Waals surface area contributed by atoms with Gasteiger partial charge in [-0.05, 0) is 18.8 Å². The van der Waals surface area contributed by atoms with E-state index < -0.39 is 0 Å². The van der Waals surface area contributed by atoms with Crippen molar-refractivity contribution < 1.29 is 9.47 Å². The highest BCUT2D eigenvalue weighted by atomic mass is 16.7. The fraction of sp³-hybridized carbons (Fsp3) is 0.800. The molecule has 68 valence electrons. The van der Waals surface area contributed by atoms with Crippen LogP contribution in [0.2, 0.25) is 0 Å². The van der Waals surface area contributed by atoms with E-state index in [0.29, 0.717) is 5.92 Å². The molecule has 1 aliphatic carbocycles. The Balaban J connectivity index is 2.01. The molecule has 0 N–H and O–H groups in total. The van der Waals surface area contributed by atoms with Crippen LogP contribution in [-0.4, -0.2) is 19.0 Å². The molecule has 0 radical (unpaired) electrons. The van der Waals surface area contributed by atoms with Crippen molar-refractivity contribution in [2.45, 2.75) is 31.5 Å². The molecule has 1 saturated heterocycles. The van der Waals surface area contributed by atoms with Gasteiger partial charge in [-0.25, -0.2) is 0 Å². The van der Waals surface area contributed by atoms with Crippen LogP contribution in [0.25, 0.3) is 0 Å². The number of rotatable bonds is 1. The summed E-state index contributed by atoms with van der Waals surface area (Å²) in [7, 11) is 0. The Kier molecular flexibility index (Phi) is 2.20. The van der Waals surface area contributed by atoms with Gasteiger partial charge in [0.15, 0.2) is 5.79 Å². The Bertz CT molecular complexity index is 171. The quantitative estimate of drug-likeness (QED) is 0.558. The fourth-order valence-electron chi connectivity index (χ4n) is 2.20. The molecule has 1 spiro atoms. The zero-order chi connectivity index (χ0) is 8.44. The molecule has 2 nitrogen and oxygen atoms in total. The Hall–Kier alpha value is -0.340. The van der Waals surface area contributed by atoms with Gasteiger partial charge in [-0.3, -0.25) is 0 Å². The van der Waals surface area contributed by atoms with Crippen LogP contribution in [0.1, 0.15) is 25.7 Å². The van der Waals surface area contributed by atoms with Crippen molar-refractivity contribution in [1.29, 1.82) is 0 Å². The van der Waals surface area contributed by atoms with Crippen LogP contribution in [-0.2, 0) is 9.47 Å². The van der Waals surface area contributed by atoms with Gasteiger partial charge in [0, 0.05) is 12.8 Å². The molecule has 0 aromatic heterocycles. The molecular formula is C10H16O2. The number of allylic oxidation sites excluding steroid dienone is 1. The van der Waals surface area contributed by atoms with E-state index in [1.165, 1.54) is 12.8 Å². The van der Waals surface area contributed by atoms with Crippen LogP contribution in [0, 0.1) is 5.92 Å². The SMILES string of the molecule is C=C[C@@H]1CCCC2(C1)OCCO2. The number of hydrogen-bond donors (Lipinski definition) is 0. The lowest BCUT2D eigenvalue weighted by atomic mass is 9.85. The summed E-state index contributed by atoms with van der Waals surface area (Å²) in [5.41, 5.74) is 0. The van der Waals surface area contributed by atoms with Gasteiger partial charge in [0.05, 0.1) is 13.2 Å². The van der Waals surface area contributed by atoms with Gasteiger partial charge in [0.25, 0.3) is 0 Å². The molecule has 2 rings (SSSR count). The first-order chi connectivity index (χ1) is 5.85. The summed E-state index contributed by atoms with van der Waals surface area (Å²) in [6.07, 6.45) is 6.56. The number of ether oxygens (including phenoxy) is 2. The van der Waals surface area contributed by atoms with E-state index in [2.05, 4.69) is 6.58 Å². The highest BCUT2D eigenvalue weighted by Crippen LogP contribution is 2.38. The monoisotopic (exact) mass is 168 g/mol. The average Bonchev–Trinajstić information content (AvgIpc) is 2.53. The highest BCUT2D eigenvalue weighted by molar-refractivity contribution is 4.90. The van der Waals surface area contributed by atoms with Crippen LogP contribution in [0.4, 0.5) is 0 Å². The average molecular weight is 168 g/mol. The van der Waals surface area contributed by atoms with E-state index in [1.54, 1.807) is 0 Å². The van der Waals surface area contributed by atoms with Crippen molar-refractivity contribution in [2.24, 2.45) is 5.92 Å². The van der Waals surface area contributed by atoms with Crippen molar-refractivity contribution >= 4 is 0 Å². The van der Waals surface area contributed by atoms with Gasteiger partial charge in [0.1, 0.15) is 0 Å². The summed E-state index contributed by atoms with van der Waals surface area (Å²) in [4.78, 5) is 0. The van der Waals surface area contributed by atoms with Crippen molar-refractivity contribution in [3.63, 3.8) is 0 Å². The molecule has 0 aromatic rings. The second-order valence-corrected chi connectivity index (χ2v) is 3.70. The van der Waals surface area contributed by atoms with Gasteiger partial charge in [-0.15, -0.1) is 6.58 Å². The molecule has 2 heteroatoms. The topological polar surface area (TPSA) is 18.5 Å². The van der Waals surface area contributed by atoms with Crippen molar-refractivity contribution in [3.8, 4) is 0 Å². The van der Waals surface area contributed by atoms with E-state index in [9.17, 15) is 0 Å². The molecule has 1 atom stereocenters. The lowest BCUT2D eigenvalue weighted by molar-refractivity contribution is -0.183. The largest absolute Gasteiger partial charge is 0.348 e. The van der Waals surface area contributed by atoms with Crippen molar-refractivity contribution in [1.82, 2.24) is 0 Å². The minimum Gasteiger partial charge on any atom is -0.348 e. The molecule has 1 aliphatic heterocycles. The van der Waals surface area contributed by atoms with E-state index in [-0.39, 0.29) is 5.79 Å². The maximum atomic E-state index is 5.64. The summed E-state index contributed by atoms with van der Waals surface area (Å²) in [6, 6.07) is 0. The fourth-order valence-corrected chi connectivity index (χ4v) is 2.20. The predicted octanol–water partition coefficient (Wildman–Crippen LogP) is 2.11. The summed E-state index contributed by atoms with van der Waals surface area (Å²) >= 11 is 0. The standard InChI is InChI=1S/C10H16O2/c1-2-9-4-3-5-10(8-9)11-6-7-12-10/h2,9H,1,3-8H2/t9-/m1/s1. The van der Waals surface area contributed by atoms with E-state index in [4.69, 9.17) is 9.47 Å². The molecule has 0 bridgehead atoms. The minimum atomic E-state index is -0.225. The Morgan fingerprint density at radius 2 is 2.08 bits per heavy atom. The number of hydrogen-bond acceptors (Lipinski definition) is 2. The lowest BCUT2D eigenvalue weighted by Crippen LogP contribution is -2.35. The molecule has 0 amide bonds. The van der Waals surface area contributed by atoms with Crippen molar-refractivity contribution in [2.75, 3.05) is 13.2 Å². The first kappa shape index (κ1) is 8.27. The Morgan fingerprint density at radius 3 is 2.75 bits per heavy atom. The molecule has 12 heavy (non-hydrogen) atoms. The second-order valence-electron chi connectivity index (χ2n) is 3.70. The third-order valence-corrected chi connectivity index (χ3v) is 2.85. The predicted molar refractivity (Wildman–Crippen MR) is 46.8 cm³/mol. The maximum absolute atomic E-state index is 5.64. The van der Waals surface area contributed by atoms with E-state index >= 15 is 0 Å². The lowest BCUT2D eigenvalue weighted by Gasteiger charge is -2.34. The van der Waals surface area contributed by atoms with Crippen LogP contribution in [0.15, 0.2) is 12.7 Å². The molecule has 0 unspecified atom stereocenters. The second kappa shape index (κ2) is 3.19. The van der Waals surface area contributed by atoms with Gasteiger partial charge in [-0.1, -0.05) is 6.08 Å². The van der Waals surface area contributed by atoms with Crippen LogP contribution in [0.5, 0.6) is 0 Å². The maximum Gasteiger partial charge on any atom is 0.169 e. The first-order valence-electron chi connectivity index (χ1n) is 4.75. The zero-order valence-electron chi connectivity index (χ0n) is 7.42. The van der Waals surface area contributed by atoms with Gasteiger partial charge < -0.3 is 9.47 Å². The Morgan fingerprint density at radius 1 is 1.33 bits per heavy atom. The summed E-state index contributed by atoms with van der Waals surface area (Å²) < 4.78 is 11.3. The van der Waals surface area contributed by atoms with Gasteiger partial charge in [-0.2, -0.15) is 0 Å². The molecule has 1 saturated carbocycles. The smallest absolute Gasteiger partial charge is 0.169 e. The third-order valence-electron chi connectivity index (χ3n) is 2.85. The first-order valence-corrected chi connectivity index (χ1v) is 4.75. The summed E-state index contributed by atoms with van der Waals surface area (Å²) in [5, 5.41) is 0. The zero-order valence-corrected chi connectivity index (χ0v) is 7.42. The third kappa shape index (κ3) is 1.41. The van der Waals surface area contributed by atoms with Crippen LogP contribution >= 0.6 is 0 Å². The summed E-state index contributed by atoms with van der Waals surface area (Å²) in [5.74, 6) is 0.369. The van der Waals surface area contributed by atoms with Crippen LogP contribution in [0.3, 0.4) is 0 Å². The van der Waals surface area contributed by atoms with Crippen LogP contribution < -0.4 is 0 Å². The molecule has 2 fully saturated rings. The molecule has 1 heterocycles. The van der Waals surface area contributed by atoms with E-state index in [1.807, 2.05) is 6.08 Å². The van der Waals surface area contributed by atoms with Crippen molar-refractivity contribution in [3.05, 3.63) is 12.7 Å². The Labute approximate surface area is 73.5 Å². The normalized spacial score (nSPS) is 33.8. The minimum absolute atomic E-state index is 0.225. The molecule has 0 aromatic carbocycles. The highest BCUT2D eigenvalue weighted by Gasteiger charge is 2.40. The summed E-state index contributed by atoms with van der Waals surface area (Å²) in [6.45, 7) is 5.36. The molecular weight excluding hydrogens is 152 g/mol. The molecule has 2 aliphatic rings.